The number of benzene rings is 1. The van der Waals surface area contributed by atoms with Gasteiger partial charge in [0, 0.05) is 18.4 Å². The monoisotopic (exact) mass is 222 g/mol. The molecule has 6 heteroatoms. The fourth-order valence-electron chi connectivity index (χ4n) is 1.04. The number of carbonyl (C=O) groups is 2. The van der Waals surface area contributed by atoms with Crippen LogP contribution in [-0.4, -0.2) is 25.5 Å². The zero-order valence-electron chi connectivity index (χ0n) is 8.91. The van der Waals surface area contributed by atoms with Gasteiger partial charge in [-0.05, 0) is 24.3 Å². The molecule has 0 atom stereocenters. The van der Waals surface area contributed by atoms with Crippen LogP contribution in [0.1, 0.15) is 0 Å². The lowest BCUT2D eigenvalue weighted by Gasteiger charge is -2.06. The number of hydrogen-bond donors (Lipinski definition) is 4. The molecule has 0 aliphatic rings. The average molecular weight is 222 g/mol. The quantitative estimate of drug-likeness (QED) is 0.593. The average Bonchev–Trinajstić information content (AvgIpc) is 2.31. The van der Waals surface area contributed by atoms with Crippen molar-refractivity contribution in [2.75, 3.05) is 24.2 Å². The zero-order chi connectivity index (χ0) is 12.0. The molecule has 0 radical (unpaired) electrons. The van der Waals surface area contributed by atoms with Crippen LogP contribution in [0.25, 0.3) is 0 Å². The molecule has 0 fully saturated rings. The molecule has 0 heterocycles. The summed E-state index contributed by atoms with van der Waals surface area (Å²) < 4.78 is 0. The molecule has 0 saturated heterocycles. The van der Waals surface area contributed by atoms with Gasteiger partial charge in [0.2, 0.25) is 5.91 Å². The van der Waals surface area contributed by atoms with Gasteiger partial charge in [-0.3, -0.25) is 4.79 Å². The van der Waals surface area contributed by atoms with Crippen molar-refractivity contribution in [1.82, 2.24) is 5.32 Å². The summed E-state index contributed by atoms with van der Waals surface area (Å²) in [6, 6.07) is 6.43. The minimum atomic E-state index is -0.293. The lowest BCUT2D eigenvalue weighted by molar-refractivity contribution is -0.114. The topological polar surface area (TPSA) is 96.2 Å². The number of nitrogens with two attached hydrogens (primary N) is 1. The molecule has 1 aromatic carbocycles. The summed E-state index contributed by atoms with van der Waals surface area (Å²) in [5, 5.41) is 7.63. The summed E-state index contributed by atoms with van der Waals surface area (Å²) in [5.74, 6) is -0.257. The number of rotatable bonds is 3. The Bertz CT molecular complexity index is 338. The zero-order valence-corrected chi connectivity index (χ0v) is 8.91. The Labute approximate surface area is 93.2 Å². The first kappa shape index (κ1) is 12.0. The molecular weight excluding hydrogens is 208 g/mol. The summed E-state index contributed by atoms with van der Waals surface area (Å²) in [4.78, 5) is 22.0. The van der Waals surface area contributed by atoms with Gasteiger partial charge in [-0.2, -0.15) is 0 Å². The first-order valence-corrected chi connectivity index (χ1v) is 4.74. The Morgan fingerprint density at radius 1 is 1.12 bits per heavy atom. The summed E-state index contributed by atoms with van der Waals surface area (Å²) in [6.45, 7) is -0.0573. The molecule has 0 bridgehead atoms. The molecule has 0 aliphatic heterocycles. The molecule has 86 valence electrons. The van der Waals surface area contributed by atoms with E-state index in [0.29, 0.717) is 11.4 Å². The maximum atomic E-state index is 11.0. The molecule has 1 aromatic rings. The Morgan fingerprint density at radius 2 is 1.62 bits per heavy atom. The third-order valence-corrected chi connectivity index (χ3v) is 1.84. The van der Waals surface area contributed by atoms with Gasteiger partial charge in [0.1, 0.15) is 0 Å². The second kappa shape index (κ2) is 5.72. The molecule has 16 heavy (non-hydrogen) atoms. The van der Waals surface area contributed by atoms with Crippen LogP contribution in [0.4, 0.5) is 16.2 Å². The summed E-state index contributed by atoms with van der Waals surface area (Å²) in [5.41, 5.74) is 6.44. The van der Waals surface area contributed by atoms with E-state index in [2.05, 4.69) is 16.0 Å². The van der Waals surface area contributed by atoms with E-state index < -0.39 is 0 Å². The highest BCUT2D eigenvalue weighted by Crippen LogP contribution is 2.13. The van der Waals surface area contributed by atoms with Crippen molar-refractivity contribution in [3.8, 4) is 0 Å². The maximum absolute atomic E-state index is 11.0. The van der Waals surface area contributed by atoms with Crippen LogP contribution in [0.5, 0.6) is 0 Å². The molecule has 0 saturated carbocycles. The number of hydrogen-bond acceptors (Lipinski definition) is 3. The Balaban J connectivity index is 2.60. The maximum Gasteiger partial charge on any atom is 0.318 e. The van der Waals surface area contributed by atoms with Gasteiger partial charge in [0.15, 0.2) is 0 Å². The van der Waals surface area contributed by atoms with Crippen LogP contribution in [0.2, 0.25) is 0 Å². The van der Waals surface area contributed by atoms with E-state index in [-0.39, 0.29) is 18.5 Å². The predicted molar refractivity (Wildman–Crippen MR) is 62.2 cm³/mol. The normalized spacial score (nSPS) is 9.38. The van der Waals surface area contributed by atoms with Crippen molar-refractivity contribution >= 4 is 23.3 Å². The smallest absolute Gasteiger partial charge is 0.318 e. The molecule has 0 aromatic heterocycles. The van der Waals surface area contributed by atoms with Crippen molar-refractivity contribution in [2.45, 2.75) is 0 Å². The minimum absolute atomic E-state index is 0.0573. The number of carbonyl (C=O) groups excluding carboxylic acids is 2. The highest BCUT2D eigenvalue weighted by Gasteiger charge is 2.00. The molecule has 5 N–H and O–H groups in total. The van der Waals surface area contributed by atoms with Crippen LogP contribution in [-0.2, 0) is 4.79 Å². The Morgan fingerprint density at radius 3 is 2.06 bits per heavy atom. The van der Waals surface area contributed by atoms with Crippen molar-refractivity contribution in [1.29, 1.82) is 0 Å². The molecule has 0 aliphatic carbocycles. The second-order valence-electron chi connectivity index (χ2n) is 3.03. The molecule has 0 unspecified atom stereocenters. The van der Waals surface area contributed by atoms with Crippen molar-refractivity contribution in [3.63, 3.8) is 0 Å². The first-order chi connectivity index (χ1) is 7.65. The van der Waals surface area contributed by atoms with Crippen LogP contribution in [0.15, 0.2) is 24.3 Å². The summed E-state index contributed by atoms with van der Waals surface area (Å²) in [6.07, 6.45) is 0. The number of urea groups is 1. The van der Waals surface area contributed by atoms with Gasteiger partial charge in [0.05, 0.1) is 6.54 Å². The molecule has 3 amide bonds. The van der Waals surface area contributed by atoms with E-state index in [1.807, 2.05) is 0 Å². The van der Waals surface area contributed by atoms with E-state index in [4.69, 9.17) is 5.73 Å². The van der Waals surface area contributed by atoms with Crippen LogP contribution in [0.3, 0.4) is 0 Å². The van der Waals surface area contributed by atoms with Crippen molar-refractivity contribution in [3.05, 3.63) is 24.3 Å². The summed E-state index contributed by atoms with van der Waals surface area (Å²) >= 11 is 0. The predicted octanol–water partition coefficient (Wildman–Crippen LogP) is 0.335. The lowest BCUT2D eigenvalue weighted by Crippen LogP contribution is -2.24. The van der Waals surface area contributed by atoms with Gasteiger partial charge < -0.3 is 21.7 Å². The van der Waals surface area contributed by atoms with Gasteiger partial charge in [-0.1, -0.05) is 0 Å². The first-order valence-electron chi connectivity index (χ1n) is 4.74. The third-order valence-electron chi connectivity index (χ3n) is 1.84. The second-order valence-corrected chi connectivity index (χ2v) is 3.03. The van der Waals surface area contributed by atoms with E-state index in [1.165, 1.54) is 7.05 Å². The number of amides is 3. The van der Waals surface area contributed by atoms with Gasteiger partial charge in [-0.25, -0.2) is 4.79 Å². The van der Waals surface area contributed by atoms with Crippen LogP contribution >= 0.6 is 0 Å². The van der Waals surface area contributed by atoms with E-state index in [9.17, 15) is 9.59 Å². The Hall–Kier alpha value is -2.08. The standard InChI is InChI=1S/C10H14N4O2/c1-12-10(16)14-8-4-2-7(3-5-8)13-9(15)6-11/h2-5H,6,11H2,1H3,(H,13,15)(H2,12,14,16). The number of nitrogens with one attached hydrogen (secondary N) is 3. The fourth-order valence-corrected chi connectivity index (χ4v) is 1.04. The molecule has 6 nitrogen and oxygen atoms in total. The number of anilines is 2. The van der Waals surface area contributed by atoms with Crippen molar-refractivity contribution in [2.24, 2.45) is 5.73 Å². The van der Waals surface area contributed by atoms with E-state index >= 15 is 0 Å². The summed E-state index contributed by atoms with van der Waals surface area (Å²) in [7, 11) is 1.53. The highest BCUT2D eigenvalue weighted by atomic mass is 16.2. The van der Waals surface area contributed by atoms with Crippen LogP contribution < -0.4 is 21.7 Å². The fraction of sp³-hybridized carbons (Fsp3) is 0.200. The molecule has 1 rings (SSSR count). The molecular formula is C10H14N4O2. The lowest BCUT2D eigenvalue weighted by atomic mass is 10.3. The minimum Gasteiger partial charge on any atom is -0.341 e. The van der Waals surface area contributed by atoms with Crippen molar-refractivity contribution < 1.29 is 9.59 Å². The van der Waals surface area contributed by atoms with Gasteiger partial charge >= 0.3 is 6.03 Å². The van der Waals surface area contributed by atoms with Gasteiger partial charge in [0.25, 0.3) is 0 Å². The van der Waals surface area contributed by atoms with E-state index in [1.54, 1.807) is 24.3 Å². The van der Waals surface area contributed by atoms with E-state index in [0.717, 1.165) is 0 Å². The van der Waals surface area contributed by atoms with Crippen LogP contribution in [0, 0.1) is 0 Å². The highest BCUT2D eigenvalue weighted by molar-refractivity contribution is 5.93. The SMILES string of the molecule is CNC(=O)Nc1ccc(NC(=O)CN)cc1. The largest absolute Gasteiger partial charge is 0.341 e. The van der Waals surface area contributed by atoms with Gasteiger partial charge in [-0.15, -0.1) is 0 Å². The molecule has 0 spiro atoms. The third kappa shape index (κ3) is 3.58. The Kier molecular flexibility index (Phi) is 4.28.